The highest BCUT2D eigenvalue weighted by atomic mass is 15.2. The second-order valence-corrected chi connectivity index (χ2v) is 3.67. The van der Waals surface area contributed by atoms with Crippen LogP contribution in [0.25, 0.3) is 0 Å². The predicted molar refractivity (Wildman–Crippen MR) is 61.5 cm³/mol. The first-order valence-corrected chi connectivity index (χ1v) is 5.34. The van der Waals surface area contributed by atoms with E-state index in [0.29, 0.717) is 0 Å². The molecule has 2 nitrogen and oxygen atoms in total. The monoisotopic (exact) mass is 189 g/mol. The van der Waals surface area contributed by atoms with Crippen molar-refractivity contribution < 1.29 is 0 Å². The van der Waals surface area contributed by atoms with Gasteiger partial charge in [0.25, 0.3) is 0 Å². The number of nitrogens with one attached hydrogen (secondary N) is 1. The topological polar surface area (TPSA) is 15.3 Å². The van der Waals surface area contributed by atoms with Crippen LogP contribution < -0.4 is 10.2 Å². The van der Waals surface area contributed by atoms with Gasteiger partial charge in [0.15, 0.2) is 0 Å². The Bertz CT molecular complexity index is 296. The number of rotatable bonds is 3. The molecule has 0 amide bonds. The Morgan fingerprint density at radius 3 is 3.07 bits per heavy atom. The molecule has 1 aliphatic rings. The Balaban J connectivity index is 2.14. The molecule has 1 aromatic carbocycles. The summed E-state index contributed by atoms with van der Waals surface area (Å²) in [6.45, 7) is 6.53. The average molecular weight is 189 g/mol. The van der Waals surface area contributed by atoms with Crippen LogP contribution >= 0.6 is 0 Å². The van der Waals surface area contributed by atoms with Crippen molar-refractivity contribution >= 4 is 11.4 Å². The van der Waals surface area contributed by atoms with E-state index < -0.39 is 0 Å². The van der Waals surface area contributed by atoms with Gasteiger partial charge in [0.05, 0.1) is 17.9 Å². The minimum absolute atomic E-state index is 1.01. The lowest BCUT2D eigenvalue weighted by molar-refractivity contribution is 0.732. The lowest BCUT2D eigenvalue weighted by Crippen LogP contribution is -2.31. The molecule has 1 radical (unpaired) electrons. The number of benzene rings is 1. The summed E-state index contributed by atoms with van der Waals surface area (Å²) < 4.78 is 0. The quantitative estimate of drug-likeness (QED) is 0.786. The van der Waals surface area contributed by atoms with Crippen LogP contribution in [0.15, 0.2) is 24.3 Å². The van der Waals surface area contributed by atoms with Crippen LogP contribution in [0.2, 0.25) is 0 Å². The third kappa shape index (κ3) is 1.84. The minimum atomic E-state index is 1.01. The molecule has 14 heavy (non-hydrogen) atoms. The molecule has 0 fully saturated rings. The Labute approximate surface area is 85.9 Å². The van der Waals surface area contributed by atoms with Crippen molar-refractivity contribution in [3.63, 3.8) is 0 Å². The highest BCUT2D eigenvalue weighted by Crippen LogP contribution is 2.29. The molecule has 0 bridgehead atoms. The van der Waals surface area contributed by atoms with Gasteiger partial charge in [-0.2, -0.15) is 0 Å². The standard InChI is InChI=1S/C12H17N2/c1-2-3-9-14-10-8-13-11-6-4-5-7-12(11)14/h4-8,13H,2-3,9-10H2,1H3. The summed E-state index contributed by atoms with van der Waals surface area (Å²) in [5.41, 5.74) is 2.57. The molecule has 1 aliphatic heterocycles. The van der Waals surface area contributed by atoms with Gasteiger partial charge in [0, 0.05) is 13.1 Å². The fourth-order valence-corrected chi connectivity index (χ4v) is 1.80. The predicted octanol–water partition coefficient (Wildman–Crippen LogP) is 2.88. The highest BCUT2D eigenvalue weighted by Gasteiger charge is 2.14. The SMILES string of the molecule is CCCCN1C[CH]Nc2ccccc21. The molecule has 0 spiro atoms. The fourth-order valence-electron chi connectivity index (χ4n) is 1.80. The number of fused-ring (bicyclic) bond motifs is 1. The zero-order chi connectivity index (χ0) is 9.80. The van der Waals surface area contributed by atoms with E-state index in [9.17, 15) is 0 Å². The van der Waals surface area contributed by atoms with Crippen molar-refractivity contribution in [2.75, 3.05) is 23.3 Å². The molecule has 0 atom stereocenters. The molecule has 2 heteroatoms. The van der Waals surface area contributed by atoms with Gasteiger partial charge in [-0.3, -0.25) is 0 Å². The molecular formula is C12H17N2. The Morgan fingerprint density at radius 1 is 1.36 bits per heavy atom. The number of hydrogen-bond donors (Lipinski definition) is 1. The molecule has 0 saturated carbocycles. The first-order valence-electron chi connectivity index (χ1n) is 5.34. The van der Waals surface area contributed by atoms with E-state index in [1.165, 1.54) is 24.2 Å². The Hall–Kier alpha value is -1.18. The summed E-state index contributed by atoms with van der Waals surface area (Å²) >= 11 is 0. The number of para-hydroxylation sites is 2. The van der Waals surface area contributed by atoms with Gasteiger partial charge in [0.2, 0.25) is 0 Å². The van der Waals surface area contributed by atoms with Crippen LogP contribution in [0.4, 0.5) is 11.4 Å². The minimum Gasteiger partial charge on any atom is -0.377 e. The molecule has 1 heterocycles. The van der Waals surface area contributed by atoms with Crippen molar-refractivity contribution in [2.45, 2.75) is 19.8 Å². The maximum absolute atomic E-state index is 3.30. The molecule has 2 rings (SSSR count). The van der Waals surface area contributed by atoms with Crippen molar-refractivity contribution in [3.8, 4) is 0 Å². The van der Waals surface area contributed by atoms with Crippen LogP contribution in [0, 0.1) is 6.54 Å². The van der Waals surface area contributed by atoms with Gasteiger partial charge < -0.3 is 10.2 Å². The fraction of sp³-hybridized carbons (Fsp3) is 0.417. The van der Waals surface area contributed by atoms with Gasteiger partial charge in [-0.05, 0) is 18.6 Å². The lowest BCUT2D eigenvalue weighted by atomic mass is 10.2. The zero-order valence-corrected chi connectivity index (χ0v) is 8.66. The van der Waals surface area contributed by atoms with Gasteiger partial charge in [0.1, 0.15) is 0 Å². The zero-order valence-electron chi connectivity index (χ0n) is 8.66. The van der Waals surface area contributed by atoms with Gasteiger partial charge >= 0.3 is 0 Å². The van der Waals surface area contributed by atoms with Crippen molar-refractivity contribution in [1.29, 1.82) is 0 Å². The summed E-state index contributed by atoms with van der Waals surface area (Å²) in [5.74, 6) is 0. The third-order valence-electron chi connectivity index (χ3n) is 2.60. The summed E-state index contributed by atoms with van der Waals surface area (Å²) in [6.07, 6.45) is 2.52. The van der Waals surface area contributed by atoms with Crippen LogP contribution in [-0.4, -0.2) is 13.1 Å². The highest BCUT2D eigenvalue weighted by molar-refractivity contribution is 5.72. The first kappa shape index (κ1) is 9.38. The molecule has 1 N–H and O–H groups in total. The first-order chi connectivity index (χ1) is 6.92. The lowest BCUT2D eigenvalue weighted by Gasteiger charge is -2.31. The van der Waals surface area contributed by atoms with Crippen molar-refractivity contribution in [3.05, 3.63) is 30.8 Å². The maximum Gasteiger partial charge on any atom is 0.0655 e. The number of nitrogens with zero attached hydrogens (tertiary/aromatic N) is 1. The summed E-state index contributed by atoms with van der Waals surface area (Å²) in [6, 6.07) is 8.49. The third-order valence-corrected chi connectivity index (χ3v) is 2.60. The molecule has 0 saturated heterocycles. The summed E-state index contributed by atoms with van der Waals surface area (Å²) in [4.78, 5) is 2.43. The molecule has 0 aliphatic carbocycles. The van der Waals surface area contributed by atoms with Crippen LogP contribution in [0.1, 0.15) is 19.8 Å². The summed E-state index contributed by atoms with van der Waals surface area (Å²) in [5, 5.41) is 3.30. The van der Waals surface area contributed by atoms with Crippen LogP contribution in [0.3, 0.4) is 0 Å². The van der Waals surface area contributed by atoms with E-state index in [1.54, 1.807) is 0 Å². The molecule has 0 aromatic heterocycles. The Kier molecular flexibility index (Phi) is 2.92. The summed E-state index contributed by atoms with van der Waals surface area (Å²) in [7, 11) is 0. The Morgan fingerprint density at radius 2 is 2.21 bits per heavy atom. The normalized spacial score (nSPS) is 14.8. The molecule has 75 valence electrons. The molecular weight excluding hydrogens is 172 g/mol. The average Bonchev–Trinajstić information content (AvgIpc) is 2.26. The smallest absolute Gasteiger partial charge is 0.0655 e. The molecule has 0 unspecified atom stereocenters. The van der Waals surface area contributed by atoms with E-state index in [1.807, 2.05) is 0 Å². The second-order valence-electron chi connectivity index (χ2n) is 3.67. The van der Waals surface area contributed by atoms with Crippen LogP contribution in [0.5, 0.6) is 0 Å². The van der Waals surface area contributed by atoms with Crippen molar-refractivity contribution in [2.24, 2.45) is 0 Å². The van der Waals surface area contributed by atoms with Gasteiger partial charge in [-0.25, -0.2) is 0 Å². The maximum atomic E-state index is 3.30. The van der Waals surface area contributed by atoms with E-state index in [2.05, 4.69) is 48.0 Å². The van der Waals surface area contributed by atoms with E-state index >= 15 is 0 Å². The van der Waals surface area contributed by atoms with Crippen molar-refractivity contribution in [1.82, 2.24) is 0 Å². The van der Waals surface area contributed by atoms with Gasteiger partial charge in [-0.15, -0.1) is 0 Å². The number of unbranched alkanes of at least 4 members (excludes halogenated alkanes) is 1. The second kappa shape index (κ2) is 4.36. The number of hydrogen-bond acceptors (Lipinski definition) is 2. The van der Waals surface area contributed by atoms with E-state index in [-0.39, 0.29) is 0 Å². The largest absolute Gasteiger partial charge is 0.377 e. The van der Waals surface area contributed by atoms with Gasteiger partial charge in [-0.1, -0.05) is 25.5 Å². The van der Waals surface area contributed by atoms with E-state index in [4.69, 9.17) is 0 Å². The number of anilines is 2. The van der Waals surface area contributed by atoms with Crippen LogP contribution in [-0.2, 0) is 0 Å². The van der Waals surface area contributed by atoms with E-state index in [0.717, 1.165) is 13.1 Å². The molecule has 1 aromatic rings.